The van der Waals surface area contributed by atoms with Gasteiger partial charge in [0.2, 0.25) is 11.8 Å². The number of nitrogens with zero attached hydrogens (tertiary/aromatic N) is 2. The summed E-state index contributed by atoms with van der Waals surface area (Å²) in [7, 11) is 0. The van der Waals surface area contributed by atoms with Crippen LogP contribution in [0.1, 0.15) is 24.7 Å². The lowest BCUT2D eigenvalue weighted by Crippen LogP contribution is -2.28. The van der Waals surface area contributed by atoms with E-state index >= 15 is 0 Å². The van der Waals surface area contributed by atoms with Gasteiger partial charge >= 0.3 is 0 Å². The van der Waals surface area contributed by atoms with Crippen LogP contribution in [0.4, 0.5) is 5.69 Å². The van der Waals surface area contributed by atoms with Gasteiger partial charge in [0.15, 0.2) is 5.17 Å². The van der Waals surface area contributed by atoms with Crippen molar-refractivity contribution in [3.05, 3.63) is 52.9 Å². The van der Waals surface area contributed by atoms with Crippen LogP contribution in [0, 0.1) is 6.92 Å². The maximum atomic E-state index is 12.2. The van der Waals surface area contributed by atoms with Gasteiger partial charge in [0.25, 0.3) is 0 Å². The number of carbonyl (C=O) groups is 2. The molecule has 1 atom stereocenters. The number of hydrogen-bond donors (Lipinski definition) is 2. The molecule has 3 rings (SSSR count). The van der Waals surface area contributed by atoms with Crippen LogP contribution in [0.5, 0.6) is 0 Å². The van der Waals surface area contributed by atoms with Gasteiger partial charge in [-0.05, 0) is 43.7 Å². The zero-order valence-corrected chi connectivity index (χ0v) is 16.2. The van der Waals surface area contributed by atoms with Gasteiger partial charge in [-0.1, -0.05) is 29.4 Å². The summed E-state index contributed by atoms with van der Waals surface area (Å²) in [6.45, 7) is 3.63. The summed E-state index contributed by atoms with van der Waals surface area (Å²) < 4.78 is 5.22. The molecule has 0 bridgehead atoms. The van der Waals surface area contributed by atoms with Crippen LogP contribution < -0.4 is 10.6 Å². The van der Waals surface area contributed by atoms with Crippen molar-refractivity contribution in [3.63, 3.8) is 0 Å². The Balaban J connectivity index is 1.58. The van der Waals surface area contributed by atoms with Gasteiger partial charge in [-0.3, -0.25) is 9.59 Å². The van der Waals surface area contributed by atoms with E-state index in [1.807, 2.05) is 13.0 Å². The third-order valence-electron chi connectivity index (χ3n) is 3.77. The first kappa shape index (κ1) is 19.2. The summed E-state index contributed by atoms with van der Waals surface area (Å²) in [6.07, 6.45) is 1.56. The van der Waals surface area contributed by atoms with Gasteiger partial charge in [-0.2, -0.15) is 0 Å². The number of nitrogens with one attached hydrogen (secondary N) is 2. The minimum Gasteiger partial charge on any atom is -0.463 e. The van der Waals surface area contributed by atoms with Crippen molar-refractivity contribution in [1.82, 2.24) is 5.32 Å². The van der Waals surface area contributed by atoms with Crippen LogP contribution >= 0.6 is 23.4 Å². The first-order chi connectivity index (χ1) is 12.9. The first-order valence-electron chi connectivity index (χ1n) is 8.12. The summed E-state index contributed by atoms with van der Waals surface area (Å²) in [5.74, 6) is 0.0436. The zero-order valence-electron chi connectivity index (χ0n) is 14.7. The predicted molar refractivity (Wildman–Crippen MR) is 107 cm³/mol. The molecule has 1 fully saturated rings. The molecule has 2 amide bonds. The van der Waals surface area contributed by atoms with Crippen molar-refractivity contribution in [1.29, 1.82) is 0 Å². The number of halogens is 1. The fraction of sp³-hybridized carbons (Fsp3) is 0.222. The maximum Gasteiger partial charge on any atom is 0.240 e. The molecule has 0 unspecified atom stereocenters. The highest BCUT2D eigenvalue weighted by Gasteiger charge is 2.32. The minimum atomic E-state index is -0.566. The molecular formula is C18H17ClN4O3S. The fourth-order valence-electron chi connectivity index (χ4n) is 2.29. The average molecular weight is 405 g/mol. The number of benzene rings is 1. The van der Waals surface area contributed by atoms with Crippen LogP contribution in [0.25, 0.3) is 0 Å². The van der Waals surface area contributed by atoms with Gasteiger partial charge in [-0.25, -0.2) is 0 Å². The third kappa shape index (κ3) is 4.99. The summed E-state index contributed by atoms with van der Waals surface area (Å²) in [6, 6.07) is 8.78. The highest BCUT2D eigenvalue weighted by Crippen LogP contribution is 2.24. The summed E-state index contributed by atoms with van der Waals surface area (Å²) in [5, 5.41) is 13.8. The molecule has 7 nitrogen and oxygen atoms in total. The van der Waals surface area contributed by atoms with Crippen molar-refractivity contribution in [2.75, 3.05) is 5.32 Å². The van der Waals surface area contributed by atoms with Crippen LogP contribution in [0.3, 0.4) is 0 Å². The molecule has 140 valence electrons. The number of furan rings is 1. The van der Waals surface area contributed by atoms with E-state index in [1.165, 1.54) is 11.8 Å². The molecule has 1 aromatic carbocycles. The van der Waals surface area contributed by atoms with Crippen molar-refractivity contribution >= 4 is 51.7 Å². The average Bonchev–Trinajstić information content (AvgIpc) is 3.27. The number of rotatable bonds is 5. The number of amides is 2. The monoisotopic (exact) mass is 404 g/mol. The van der Waals surface area contributed by atoms with Gasteiger partial charge in [0.05, 0.1) is 6.26 Å². The van der Waals surface area contributed by atoms with E-state index in [9.17, 15) is 9.59 Å². The Kier molecular flexibility index (Phi) is 5.98. The number of amidine groups is 1. The molecule has 0 radical (unpaired) electrons. The normalized spacial score (nSPS) is 18.6. The SMILES string of the molecule is C/C(=N/N=C1\NC(=O)[C@@H](CC(=O)Nc2ccc(C)c(Cl)c2)S1)c1ccco1. The Bertz CT molecular complexity index is 925. The van der Waals surface area contributed by atoms with Gasteiger partial charge in [0, 0.05) is 17.1 Å². The molecule has 2 aromatic rings. The van der Waals surface area contributed by atoms with Crippen LogP contribution in [0.15, 0.2) is 51.2 Å². The fourth-order valence-corrected chi connectivity index (χ4v) is 3.39. The third-order valence-corrected chi connectivity index (χ3v) is 5.25. The van der Waals surface area contributed by atoms with E-state index in [0.29, 0.717) is 27.3 Å². The quantitative estimate of drug-likeness (QED) is 0.588. The Labute approximate surface area is 165 Å². The topological polar surface area (TPSA) is 96.1 Å². The van der Waals surface area contributed by atoms with Gasteiger partial charge < -0.3 is 15.1 Å². The maximum absolute atomic E-state index is 12.2. The Morgan fingerprint density at radius 2 is 2.22 bits per heavy atom. The lowest BCUT2D eigenvalue weighted by Gasteiger charge is -2.08. The molecule has 0 aliphatic carbocycles. The minimum absolute atomic E-state index is 0.0158. The van der Waals surface area contributed by atoms with Gasteiger partial charge in [-0.15, -0.1) is 10.2 Å². The largest absolute Gasteiger partial charge is 0.463 e. The Hall–Kier alpha value is -2.58. The van der Waals surface area contributed by atoms with E-state index in [1.54, 1.807) is 37.5 Å². The lowest BCUT2D eigenvalue weighted by atomic mass is 10.2. The van der Waals surface area contributed by atoms with Crippen LogP contribution in [0.2, 0.25) is 5.02 Å². The molecule has 1 aliphatic rings. The summed E-state index contributed by atoms with van der Waals surface area (Å²) in [5.41, 5.74) is 2.10. The van der Waals surface area contributed by atoms with Crippen molar-refractivity contribution in [2.24, 2.45) is 10.2 Å². The van der Waals surface area contributed by atoms with E-state index in [2.05, 4.69) is 20.8 Å². The molecule has 0 spiro atoms. The number of thioether (sulfide) groups is 1. The molecule has 2 N–H and O–H groups in total. The number of hydrogen-bond acceptors (Lipinski definition) is 6. The molecule has 2 heterocycles. The molecule has 9 heteroatoms. The smallest absolute Gasteiger partial charge is 0.240 e. The molecular weight excluding hydrogens is 388 g/mol. The standard InChI is InChI=1S/C18H17ClN4O3S/c1-10-5-6-12(8-13(10)19)20-16(24)9-15-17(25)21-18(27-15)23-22-11(2)14-4-3-7-26-14/h3-8,15H,9H2,1-2H3,(H,20,24)(H,21,23,25)/b22-11-/t15-/m1/s1. The molecule has 0 saturated carbocycles. The van der Waals surface area contributed by atoms with Crippen molar-refractivity contribution < 1.29 is 14.0 Å². The van der Waals surface area contributed by atoms with E-state index in [0.717, 1.165) is 5.56 Å². The van der Waals surface area contributed by atoms with E-state index in [-0.39, 0.29) is 18.2 Å². The zero-order chi connectivity index (χ0) is 19.4. The van der Waals surface area contributed by atoms with E-state index in [4.69, 9.17) is 16.0 Å². The second-order valence-corrected chi connectivity index (χ2v) is 7.48. The first-order valence-corrected chi connectivity index (χ1v) is 9.38. The number of aryl methyl sites for hydroxylation is 1. The van der Waals surface area contributed by atoms with Crippen LogP contribution in [-0.4, -0.2) is 27.9 Å². The summed E-state index contributed by atoms with van der Waals surface area (Å²) >= 11 is 7.22. The van der Waals surface area contributed by atoms with Gasteiger partial charge in [0.1, 0.15) is 16.7 Å². The summed E-state index contributed by atoms with van der Waals surface area (Å²) in [4.78, 5) is 24.3. The second-order valence-electron chi connectivity index (χ2n) is 5.88. The van der Waals surface area contributed by atoms with Crippen molar-refractivity contribution in [2.45, 2.75) is 25.5 Å². The predicted octanol–water partition coefficient (Wildman–Crippen LogP) is 3.58. The lowest BCUT2D eigenvalue weighted by molar-refractivity contribution is -0.122. The highest BCUT2D eigenvalue weighted by atomic mass is 35.5. The molecule has 1 aromatic heterocycles. The highest BCUT2D eigenvalue weighted by molar-refractivity contribution is 8.15. The number of anilines is 1. The molecule has 27 heavy (non-hydrogen) atoms. The molecule has 1 aliphatic heterocycles. The number of carbonyl (C=O) groups excluding carboxylic acids is 2. The van der Waals surface area contributed by atoms with E-state index < -0.39 is 5.25 Å². The molecule has 1 saturated heterocycles. The van der Waals surface area contributed by atoms with Crippen LogP contribution in [-0.2, 0) is 9.59 Å². The van der Waals surface area contributed by atoms with Crippen molar-refractivity contribution in [3.8, 4) is 0 Å². The Morgan fingerprint density at radius 3 is 2.93 bits per heavy atom. The second kappa shape index (κ2) is 8.41. The Morgan fingerprint density at radius 1 is 1.41 bits per heavy atom.